The van der Waals surface area contributed by atoms with E-state index in [9.17, 15) is 14.4 Å². The lowest BCUT2D eigenvalue weighted by Crippen LogP contribution is -2.28. The molecule has 27 heavy (non-hydrogen) atoms. The number of hydrogen-bond donors (Lipinski definition) is 2. The number of hydrogen-bond acceptors (Lipinski definition) is 6. The smallest absolute Gasteiger partial charge is 0.231 e. The number of anilines is 2. The molecule has 0 spiro atoms. The van der Waals surface area contributed by atoms with Crippen LogP contribution >= 0.6 is 34.7 Å². The fourth-order valence-corrected chi connectivity index (χ4v) is 4.76. The highest BCUT2D eigenvalue weighted by Gasteiger charge is 2.35. The van der Waals surface area contributed by atoms with Crippen molar-refractivity contribution in [1.29, 1.82) is 0 Å². The largest absolute Gasteiger partial charge is 0.369 e. The number of thioether (sulfide) groups is 1. The van der Waals surface area contributed by atoms with Crippen molar-refractivity contribution in [3.8, 4) is 0 Å². The second-order valence-corrected chi connectivity index (χ2v) is 8.70. The maximum absolute atomic E-state index is 12.6. The molecule has 1 aliphatic rings. The number of primary amides is 1. The summed E-state index contributed by atoms with van der Waals surface area (Å²) < 4.78 is 0.826. The summed E-state index contributed by atoms with van der Waals surface area (Å²) in [5.41, 5.74) is 6.56. The van der Waals surface area contributed by atoms with Crippen LogP contribution in [0.3, 0.4) is 0 Å². The Hall–Kier alpha value is -2.10. The van der Waals surface area contributed by atoms with Crippen molar-refractivity contribution in [2.45, 2.75) is 17.6 Å². The van der Waals surface area contributed by atoms with Gasteiger partial charge < -0.3 is 16.0 Å². The second kappa shape index (κ2) is 8.28. The highest BCUT2D eigenvalue weighted by Crippen LogP contribution is 2.33. The van der Waals surface area contributed by atoms with Crippen LogP contribution in [0.2, 0.25) is 5.02 Å². The van der Waals surface area contributed by atoms with Crippen LogP contribution in [-0.4, -0.2) is 35.0 Å². The van der Waals surface area contributed by atoms with E-state index in [1.165, 1.54) is 23.1 Å². The zero-order valence-corrected chi connectivity index (χ0v) is 16.8. The van der Waals surface area contributed by atoms with Gasteiger partial charge in [-0.25, -0.2) is 4.98 Å². The SMILES string of the molecule is Cc1nc(NC(=O)C2CC(=O)N(c3cccc(Cl)c3)C2)sc1SCC(N)=O. The first-order valence-electron chi connectivity index (χ1n) is 8.09. The number of amides is 3. The van der Waals surface area contributed by atoms with Crippen molar-refractivity contribution in [2.24, 2.45) is 11.7 Å². The third kappa shape index (κ3) is 4.79. The van der Waals surface area contributed by atoms with Crippen molar-refractivity contribution < 1.29 is 14.4 Å². The van der Waals surface area contributed by atoms with E-state index in [0.717, 1.165) is 9.90 Å². The number of carbonyl (C=O) groups is 3. The fourth-order valence-electron chi connectivity index (χ4n) is 2.69. The van der Waals surface area contributed by atoms with Crippen LogP contribution in [0, 0.1) is 12.8 Å². The Morgan fingerprint density at radius 1 is 1.48 bits per heavy atom. The Morgan fingerprint density at radius 3 is 2.96 bits per heavy atom. The Labute approximate surface area is 169 Å². The molecule has 142 valence electrons. The summed E-state index contributed by atoms with van der Waals surface area (Å²) in [7, 11) is 0. The van der Waals surface area contributed by atoms with Crippen LogP contribution in [-0.2, 0) is 14.4 Å². The van der Waals surface area contributed by atoms with Gasteiger partial charge in [-0.2, -0.15) is 0 Å². The van der Waals surface area contributed by atoms with E-state index < -0.39 is 11.8 Å². The second-order valence-electron chi connectivity index (χ2n) is 6.02. The van der Waals surface area contributed by atoms with Crippen LogP contribution in [0.4, 0.5) is 10.8 Å². The predicted octanol–water partition coefficient (Wildman–Crippen LogP) is 2.67. The topological polar surface area (TPSA) is 105 Å². The van der Waals surface area contributed by atoms with Crippen LogP contribution in [0.1, 0.15) is 12.1 Å². The molecule has 1 fully saturated rings. The van der Waals surface area contributed by atoms with E-state index in [4.69, 9.17) is 17.3 Å². The summed E-state index contributed by atoms with van der Waals surface area (Å²) in [6.07, 6.45) is 0.131. The first-order chi connectivity index (χ1) is 12.8. The van der Waals surface area contributed by atoms with Crippen molar-refractivity contribution >= 4 is 63.2 Å². The number of carbonyl (C=O) groups excluding carboxylic acids is 3. The lowest BCUT2D eigenvalue weighted by Gasteiger charge is -2.16. The molecule has 1 aromatic heterocycles. The highest BCUT2D eigenvalue weighted by molar-refractivity contribution is 8.01. The van der Waals surface area contributed by atoms with Crippen molar-refractivity contribution in [3.05, 3.63) is 35.0 Å². The summed E-state index contributed by atoms with van der Waals surface area (Å²) in [4.78, 5) is 41.6. The zero-order chi connectivity index (χ0) is 19.6. The summed E-state index contributed by atoms with van der Waals surface area (Å²) in [5.74, 6) is -1.10. The number of benzene rings is 1. The molecule has 0 radical (unpaired) electrons. The van der Waals surface area contributed by atoms with E-state index >= 15 is 0 Å². The van der Waals surface area contributed by atoms with Gasteiger partial charge in [0.15, 0.2) is 5.13 Å². The quantitative estimate of drug-likeness (QED) is 0.693. The Balaban J connectivity index is 1.64. The highest BCUT2D eigenvalue weighted by atomic mass is 35.5. The summed E-state index contributed by atoms with van der Waals surface area (Å²) in [5, 5.41) is 3.75. The minimum absolute atomic E-state index is 0.120. The number of aryl methyl sites for hydroxylation is 1. The summed E-state index contributed by atoms with van der Waals surface area (Å²) >= 11 is 8.56. The van der Waals surface area contributed by atoms with Gasteiger partial charge in [0, 0.05) is 23.7 Å². The molecule has 0 saturated carbocycles. The maximum Gasteiger partial charge on any atom is 0.231 e. The molecular formula is C17H17ClN4O3S2. The Morgan fingerprint density at radius 2 is 2.26 bits per heavy atom. The fraction of sp³-hybridized carbons (Fsp3) is 0.294. The first-order valence-corrected chi connectivity index (χ1v) is 10.3. The molecule has 1 saturated heterocycles. The van der Waals surface area contributed by atoms with Gasteiger partial charge in [0.05, 0.1) is 21.6 Å². The lowest BCUT2D eigenvalue weighted by molar-refractivity contribution is -0.122. The van der Waals surface area contributed by atoms with Gasteiger partial charge in [-0.3, -0.25) is 14.4 Å². The predicted molar refractivity (Wildman–Crippen MR) is 107 cm³/mol. The summed E-state index contributed by atoms with van der Waals surface area (Å²) in [6, 6.07) is 6.99. The molecule has 1 aliphatic heterocycles. The van der Waals surface area contributed by atoms with Gasteiger partial charge in [0.2, 0.25) is 17.7 Å². The first kappa shape index (κ1) is 19.7. The Kier molecular flexibility index (Phi) is 6.03. The molecule has 1 atom stereocenters. The average Bonchev–Trinajstić information content (AvgIpc) is 3.15. The van der Waals surface area contributed by atoms with Crippen LogP contribution in [0.15, 0.2) is 28.5 Å². The lowest BCUT2D eigenvalue weighted by atomic mass is 10.1. The molecule has 1 aromatic carbocycles. The molecule has 10 heteroatoms. The molecular weight excluding hydrogens is 408 g/mol. The van der Waals surface area contributed by atoms with E-state index in [-0.39, 0.29) is 24.0 Å². The molecule has 0 bridgehead atoms. The van der Waals surface area contributed by atoms with E-state index in [1.807, 2.05) is 0 Å². The number of nitrogens with two attached hydrogens (primary N) is 1. The number of nitrogens with one attached hydrogen (secondary N) is 1. The van der Waals surface area contributed by atoms with Gasteiger partial charge >= 0.3 is 0 Å². The molecule has 3 amide bonds. The van der Waals surface area contributed by atoms with E-state index in [0.29, 0.717) is 22.4 Å². The number of rotatable bonds is 6. The van der Waals surface area contributed by atoms with Gasteiger partial charge in [-0.15, -0.1) is 11.8 Å². The number of nitrogens with zero attached hydrogens (tertiary/aromatic N) is 2. The van der Waals surface area contributed by atoms with Crippen LogP contribution in [0.5, 0.6) is 0 Å². The summed E-state index contributed by atoms with van der Waals surface area (Å²) in [6.45, 7) is 2.09. The maximum atomic E-state index is 12.6. The van der Waals surface area contributed by atoms with Gasteiger partial charge in [-0.1, -0.05) is 29.0 Å². The van der Waals surface area contributed by atoms with E-state index in [1.54, 1.807) is 36.1 Å². The molecule has 7 nitrogen and oxygen atoms in total. The van der Waals surface area contributed by atoms with Crippen LogP contribution < -0.4 is 16.0 Å². The minimum Gasteiger partial charge on any atom is -0.369 e. The number of aromatic nitrogens is 1. The number of halogens is 1. The molecule has 0 aliphatic carbocycles. The monoisotopic (exact) mass is 424 g/mol. The minimum atomic E-state index is -0.470. The Bertz CT molecular complexity index is 902. The molecule has 1 unspecified atom stereocenters. The van der Waals surface area contributed by atoms with Crippen LogP contribution in [0.25, 0.3) is 0 Å². The van der Waals surface area contributed by atoms with Gasteiger partial charge in [0.25, 0.3) is 0 Å². The molecule has 2 heterocycles. The average molecular weight is 425 g/mol. The van der Waals surface area contributed by atoms with Crippen molar-refractivity contribution in [1.82, 2.24) is 4.98 Å². The number of thiazole rings is 1. The van der Waals surface area contributed by atoms with Gasteiger partial charge in [-0.05, 0) is 25.1 Å². The van der Waals surface area contributed by atoms with Gasteiger partial charge in [0.1, 0.15) is 0 Å². The normalized spacial score (nSPS) is 16.6. The molecule has 3 rings (SSSR count). The van der Waals surface area contributed by atoms with Crippen molar-refractivity contribution in [2.75, 3.05) is 22.5 Å². The third-order valence-corrected chi connectivity index (χ3v) is 6.64. The standard InChI is InChI=1S/C17H17ClN4O3S2/c1-9-16(26-8-13(19)23)27-17(20-9)21-15(25)10-5-14(24)22(7-10)12-4-2-3-11(18)6-12/h2-4,6,10H,5,7-8H2,1H3,(H2,19,23)(H,20,21,25). The third-order valence-electron chi connectivity index (χ3n) is 3.95. The zero-order valence-electron chi connectivity index (χ0n) is 14.4. The molecule has 2 aromatic rings. The van der Waals surface area contributed by atoms with Crippen molar-refractivity contribution in [3.63, 3.8) is 0 Å². The molecule has 3 N–H and O–H groups in total. The van der Waals surface area contributed by atoms with E-state index in [2.05, 4.69) is 10.3 Å².